The van der Waals surface area contributed by atoms with E-state index in [1.807, 2.05) is 38.4 Å². The minimum atomic E-state index is -0.259. The Balaban J connectivity index is 1.76. The van der Waals surface area contributed by atoms with Crippen LogP contribution in [0.3, 0.4) is 0 Å². The van der Waals surface area contributed by atoms with Crippen LogP contribution in [0.1, 0.15) is 5.56 Å². The van der Waals surface area contributed by atoms with Gasteiger partial charge in [0.25, 0.3) is 0 Å². The molecule has 0 aromatic heterocycles. The number of likely N-dealkylation sites (N-methyl/N-ethyl adjacent to an activating group) is 1. The first-order valence-electron chi connectivity index (χ1n) is 7.81. The molecule has 2 amide bonds. The summed E-state index contributed by atoms with van der Waals surface area (Å²) >= 11 is 5.89. The zero-order valence-electron chi connectivity index (χ0n) is 14.0. The standard InChI is InChI=1S/C18H23ClN4O/c1-23(2)11-10-20-16-8-6-14(7-9-16)13-21-18(24)22-17-5-3-4-15(19)12-17/h3-9,12,20H,10-11,13H2,1-2H3,(H2,21,22,24). The first-order chi connectivity index (χ1) is 11.5. The van der Waals surface area contributed by atoms with Crippen LogP contribution in [-0.4, -0.2) is 38.1 Å². The molecule has 128 valence electrons. The molecule has 3 N–H and O–H groups in total. The summed E-state index contributed by atoms with van der Waals surface area (Å²) in [5, 5.41) is 9.52. The minimum Gasteiger partial charge on any atom is -0.384 e. The third-order valence-electron chi connectivity index (χ3n) is 3.38. The molecule has 0 saturated carbocycles. The van der Waals surface area contributed by atoms with Crippen molar-refractivity contribution in [2.75, 3.05) is 37.8 Å². The van der Waals surface area contributed by atoms with Crippen molar-refractivity contribution in [1.29, 1.82) is 0 Å². The largest absolute Gasteiger partial charge is 0.384 e. The van der Waals surface area contributed by atoms with Crippen LogP contribution in [0.25, 0.3) is 0 Å². The Bertz CT molecular complexity index is 658. The molecule has 0 heterocycles. The van der Waals surface area contributed by atoms with Crippen LogP contribution in [0.15, 0.2) is 48.5 Å². The van der Waals surface area contributed by atoms with Gasteiger partial charge in [-0.1, -0.05) is 29.8 Å². The quantitative estimate of drug-likeness (QED) is 0.717. The number of hydrogen-bond acceptors (Lipinski definition) is 3. The SMILES string of the molecule is CN(C)CCNc1ccc(CNC(=O)Nc2cccc(Cl)c2)cc1. The van der Waals surface area contributed by atoms with E-state index in [9.17, 15) is 4.79 Å². The number of amides is 2. The molecule has 0 unspecified atom stereocenters. The summed E-state index contributed by atoms with van der Waals surface area (Å²) in [6.07, 6.45) is 0. The summed E-state index contributed by atoms with van der Waals surface area (Å²) < 4.78 is 0. The van der Waals surface area contributed by atoms with Crippen molar-refractivity contribution in [3.63, 3.8) is 0 Å². The molecule has 24 heavy (non-hydrogen) atoms. The van der Waals surface area contributed by atoms with Gasteiger partial charge in [0.15, 0.2) is 0 Å². The highest BCUT2D eigenvalue weighted by Gasteiger charge is 2.02. The van der Waals surface area contributed by atoms with E-state index in [0.717, 1.165) is 24.3 Å². The summed E-state index contributed by atoms with van der Waals surface area (Å²) in [4.78, 5) is 14.0. The van der Waals surface area contributed by atoms with E-state index < -0.39 is 0 Å². The minimum absolute atomic E-state index is 0.259. The van der Waals surface area contributed by atoms with Crippen molar-refractivity contribution in [2.24, 2.45) is 0 Å². The van der Waals surface area contributed by atoms with Gasteiger partial charge in [0.1, 0.15) is 0 Å². The number of nitrogens with zero attached hydrogens (tertiary/aromatic N) is 1. The van der Waals surface area contributed by atoms with Gasteiger partial charge in [-0.05, 0) is 50.0 Å². The molecule has 0 saturated heterocycles. The number of carbonyl (C=O) groups excluding carboxylic acids is 1. The summed E-state index contributed by atoms with van der Waals surface area (Å²) in [7, 11) is 4.09. The molecule has 2 aromatic rings. The lowest BCUT2D eigenvalue weighted by molar-refractivity contribution is 0.251. The highest BCUT2D eigenvalue weighted by Crippen LogP contribution is 2.14. The van der Waals surface area contributed by atoms with Crippen molar-refractivity contribution in [2.45, 2.75) is 6.54 Å². The maximum atomic E-state index is 11.9. The molecule has 5 nitrogen and oxygen atoms in total. The van der Waals surface area contributed by atoms with E-state index in [2.05, 4.69) is 20.9 Å². The molecule has 0 aliphatic heterocycles. The van der Waals surface area contributed by atoms with E-state index in [4.69, 9.17) is 11.6 Å². The Morgan fingerprint density at radius 2 is 1.83 bits per heavy atom. The molecular formula is C18H23ClN4O. The Kier molecular flexibility index (Phi) is 6.90. The monoisotopic (exact) mass is 346 g/mol. The van der Waals surface area contributed by atoms with Gasteiger partial charge >= 0.3 is 6.03 Å². The lowest BCUT2D eigenvalue weighted by Gasteiger charge is -2.12. The Morgan fingerprint density at radius 3 is 2.50 bits per heavy atom. The van der Waals surface area contributed by atoms with Gasteiger partial charge in [-0.2, -0.15) is 0 Å². The smallest absolute Gasteiger partial charge is 0.319 e. The molecule has 2 rings (SSSR count). The van der Waals surface area contributed by atoms with E-state index >= 15 is 0 Å². The maximum absolute atomic E-state index is 11.9. The van der Waals surface area contributed by atoms with E-state index in [1.165, 1.54) is 0 Å². The van der Waals surface area contributed by atoms with Gasteiger partial charge in [-0.3, -0.25) is 0 Å². The summed E-state index contributed by atoms with van der Waals surface area (Å²) in [6.45, 7) is 2.34. The first kappa shape index (κ1) is 18.1. The fourth-order valence-electron chi connectivity index (χ4n) is 2.09. The second kappa shape index (κ2) is 9.15. The number of anilines is 2. The Morgan fingerprint density at radius 1 is 1.08 bits per heavy atom. The lowest BCUT2D eigenvalue weighted by Crippen LogP contribution is -2.28. The van der Waals surface area contributed by atoms with Crippen LogP contribution in [-0.2, 0) is 6.54 Å². The third kappa shape index (κ3) is 6.48. The molecule has 6 heteroatoms. The molecule has 0 atom stereocenters. The molecule has 0 bridgehead atoms. The fraction of sp³-hybridized carbons (Fsp3) is 0.278. The number of hydrogen-bond donors (Lipinski definition) is 3. The number of nitrogens with one attached hydrogen (secondary N) is 3. The molecule has 0 spiro atoms. The van der Waals surface area contributed by atoms with Crippen LogP contribution in [0.5, 0.6) is 0 Å². The number of rotatable bonds is 7. The zero-order valence-corrected chi connectivity index (χ0v) is 14.7. The molecule has 2 aromatic carbocycles. The second-order valence-corrected chi connectivity index (χ2v) is 6.18. The number of benzene rings is 2. The van der Waals surface area contributed by atoms with E-state index in [-0.39, 0.29) is 6.03 Å². The van der Waals surface area contributed by atoms with Gasteiger partial charge in [0.2, 0.25) is 0 Å². The van der Waals surface area contributed by atoms with Crippen LogP contribution in [0, 0.1) is 0 Å². The van der Waals surface area contributed by atoms with Gasteiger partial charge < -0.3 is 20.9 Å². The van der Waals surface area contributed by atoms with Crippen LogP contribution < -0.4 is 16.0 Å². The molecular weight excluding hydrogens is 324 g/mol. The number of carbonyl (C=O) groups is 1. The average Bonchev–Trinajstić information content (AvgIpc) is 2.54. The van der Waals surface area contributed by atoms with E-state index in [0.29, 0.717) is 17.3 Å². The van der Waals surface area contributed by atoms with Gasteiger partial charge in [-0.25, -0.2) is 4.79 Å². The predicted molar refractivity (Wildman–Crippen MR) is 101 cm³/mol. The molecule has 0 aliphatic rings. The van der Waals surface area contributed by atoms with Crippen molar-refractivity contribution < 1.29 is 4.79 Å². The van der Waals surface area contributed by atoms with Crippen molar-refractivity contribution in [1.82, 2.24) is 10.2 Å². The summed E-state index contributed by atoms with van der Waals surface area (Å²) in [5.74, 6) is 0. The predicted octanol–water partition coefficient (Wildman–Crippen LogP) is 3.64. The fourth-order valence-corrected chi connectivity index (χ4v) is 2.28. The van der Waals surface area contributed by atoms with Crippen LogP contribution in [0.4, 0.5) is 16.2 Å². The van der Waals surface area contributed by atoms with Crippen molar-refractivity contribution >= 4 is 29.0 Å². The normalized spacial score (nSPS) is 10.5. The van der Waals surface area contributed by atoms with E-state index in [1.54, 1.807) is 24.3 Å². The van der Waals surface area contributed by atoms with Crippen LogP contribution in [0.2, 0.25) is 5.02 Å². The Hall–Kier alpha value is -2.24. The number of halogens is 1. The summed E-state index contributed by atoms with van der Waals surface area (Å²) in [5.41, 5.74) is 2.78. The van der Waals surface area contributed by atoms with Crippen LogP contribution >= 0.6 is 11.6 Å². The van der Waals surface area contributed by atoms with Gasteiger partial charge in [0.05, 0.1) is 0 Å². The average molecular weight is 347 g/mol. The molecule has 0 aliphatic carbocycles. The van der Waals surface area contributed by atoms with Crippen molar-refractivity contribution in [3.8, 4) is 0 Å². The maximum Gasteiger partial charge on any atom is 0.319 e. The zero-order chi connectivity index (χ0) is 17.4. The van der Waals surface area contributed by atoms with Gasteiger partial charge in [-0.15, -0.1) is 0 Å². The Labute approximate surface area is 148 Å². The molecule has 0 radical (unpaired) electrons. The summed E-state index contributed by atoms with van der Waals surface area (Å²) in [6, 6.07) is 14.8. The first-order valence-corrected chi connectivity index (χ1v) is 8.19. The second-order valence-electron chi connectivity index (χ2n) is 5.75. The van der Waals surface area contributed by atoms with Gasteiger partial charge in [0, 0.05) is 36.0 Å². The highest BCUT2D eigenvalue weighted by molar-refractivity contribution is 6.30. The topological polar surface area (TPSA) is 56.4 Å². The lowest BCUT2D eigenvalue weighted by atomic mass is 10.2. The van der Waals surface area contributed by atoms with Crippen molar-refractivity contribution in [3.05, 3.63) is 59.1 Å². The highest BCUT2D eigenvalue weighted by atomic mass is 35.5. The number of urea groups is 1. The third-order valence-corrected chi connectivity index (χ3v) is 3.61. The molecule has 0 fully saturated rings.